The van der Waals surface area contributed by atoms with E-state index in [1.54, 1.807) is 30.8 Å². The Morgan fingerprint density at radius 3 is 2.96 bits per heavy atom. The number of carbonyl (C=O) groups excluding carboxylic acids is 1. The Labute approximate surface area is 161 Å². The summed E-state index contributed by atoms with van der Waals surface area (Å²) in [6, 6.07) is 4.65. The van der Waals surface area contributed by atoms with Gasteiger partial charge < -0.3 is 20.7 Å². The third-order valence-corrected chi connectivity index (χ3v) is 4.55. The lowest BCUT2D eigenvalue weighted by atomic mass is 10.0. The van der Waals surface area contributed by atoms with Crippen LogP contribution in [0, 0.1) is 5.82 Å². The lowest BCUT2D eigenvalue weighted by Gasteiger charge is -2.21. The average Bonchev–Trinajstić information content (AvgIpc) is 3.09. The van der Waals surface area contributed by atoms with Crippen LogP contribution in [-0.2, 0) is 11.2 Å². The second-order valence-electron chi connectivity index (χ2n) is 6.49. The second kappa shape index (κ2) is 7.34. The van der Waals surface area contributed by atoms with Crippen LogP contribution in [0.1, 0.15) is 25.3 Å². The van der Waals surface area contributed by atoms with E-state index in [1.807, 2.05) is 0 Å². The molecule has 0 saturated heterocycles. The zero-order chi connectivity index (χ0) is 19.7. The van der Waals surface area contributed by atoms with Crippen molar-refractivity contribution in [2.24, 2.45) is 0 Å². The molecule has 0 fully saturated rings. The minimum atomic E-state index is -0.332. The van der Waals surface area contributed by atoms with Gasteiger partial charge in [-0.2, -0.15) is 9.61 Å². The number of aromatic nitrogens is 3. The molecule has 0 bridgehead atoms. The Morgan fingerprint density at radius 1 is 1.32 bits per heavy atom. The maximum Gasteiger partial charge on any atom is 0.224 e. The summed E-state index contributed by atoms with van der Waals surface area (Å²) >= 11 is 0. The van der Waals surface area contributed by atoms with Gasteiger partial charge in [0.1, 0.15) is 28.9 Å². The van der Waals surface area contributed by atoms with E-state index in [0.29, 0.717) is 47.4 Å². The third kappa shape index (κ3) is 3.30. The van der Waals surface area contributed by atoms with Gasteiger partial charge in [0.25, 0.3) is 0 Å². The number of nitrogens with zero attached hydrogens (tertiary/aromatic N) is 3. The predicted molar refractivity (Wildman–Crippen MR) is 105 cm³/mol. The maximum absolute atomic E-state index is 14.1. The highest BCUT2D eigenvalue weighted by Gasteiger charge is 2.18. The molecule has 1 aliphatic rings. The van der Waals surface area contributed by atoms with Gasteiger partial charge in [-0.15, -0.1) is 0 Å². The molecule has 3 N–H and O–H groups in total. The summed E-state index contributed by atoms with van der Waals surface area (Å²) < 4.78 is 21.4. The first kappa shape index (κ1) is 18.0. The van der Waals surface area contributed by atoms with Crippen molar-refractivity contribution in [3.63, 3.8) is 0 Å². The second-order valence-corrected chi connectivity index (χ2v) is 6.49. The Kier molecular flexibility index (Phi) is 4.72. The number of anilines is 4. The van der Waals surface area contributed by atoms with Crippen molar-refractivity contribution in [1.29, 1.82) is 0 Å². The predicted octanol–water partition coefficient (Wildman–Crippen LogP) is 3.33. The molecule has 9 heteroatoms. The molecule has 2 aromatic heterocycles. The summed E-state index contributed by atoms with van der Waals surface area (Å²) in [5.41, 5.74) is 2.34. The highest BCUT2D eigenvalue weighted by molar-refractivity contribution is 5.94. The van der Waals surface area contributed by atoms with Crippen LogP contribution in [0.4, 0.5) is 27.4 Å². The minimum Gasteiger partial charge on any atom is -0.491 e. The Hall–Kier alpha value is -3.36. The molecule has 3 heterocycles. The molecule has 0 atom stereocenters. The van der Waals surface area contributed by atoms with Crippen LogP contribution in [0.25, 0.3) is 5.65 Å². The summed E-state index contributed by atoms with van der Waals surface area (Å²) in [5.74, 6) is 1.32. The molecular formula is C19H21FN6O2. The van der Waals surface area contributed by atoms with Crippen molar-refractivity contribution in [3.05, 3.63) is 35.8 Å². The van der Waals surface area contributed by atoms with Crippen LogP contribution >= 0.6 is 0 Å². The van der Waals surface area contributed by atoms with Gasteiger partial charge in [-0.3, -0.25) is 4.79 Å². The lowest BCUT2D eigenvalue weighted by Crippen LogP contribution is -2.12. The number of benzene rings is 1. The number of hydrogen-bond acceptors (Lipinski definition) is 6. The molecule has 0 spiro atoms. The van der Waals surface area contributed by atoms with Gasteiger partial charge in [0.05, 0.1) is 18.5 Å². The summed E-state index contributed by atoms with van der Waals surface area (Å²) in [4.78, 5) is 16.3. The molecule has 1 amide bonds. The molecule has 1 aliphatic heterocycles. The van der Waals surface area contributed by atoms with Crippen molar-refractivity contribution >= 4 is 34.6 Å². The molecule has 0 unspecified atom stereocenters. The van der Waals surface area contributed by atoms with Gasteiger partial charge in [-0.05, 0) is 24.5 Å². The topological polar surface area (TPSA) is 92.6 Å². The fourth-order valence-corrected chi connectivity index (χ4v) is 3.21. The Morgan fingerprint density at radius 2 is 2.18 bits per heavy atom. The van der Waals surface area contributed by atoms with E-state index < -0.39 is 0 Å². The number of carbonyl (C=O) groups is 1. The van der Waals surface area contributed by atoms with Crippen LogP contribution in [0.5, 0.6) is 5.75 Å². The van der Waals surface area contributed by atoms with Gasteiger partial charge in [0, 0.05) is 25.6 Å². The summed E-state index contributed by atoms with van der Waals surface area (Å²) in [6.45, 7) is 2.37. The number of nitrogens with one attached hydrogen (secondary N) is 3. The van der Waals surface area contributed by atoms with Gasteiger partial charge in [0.15, 0.2) is 5.65 Å². The number of ether oxygens (including phenoxy) is 1. The highest BCUT2D eigenvalue weighted by Crippen LogP contribution is 2.36. The van der Waals surface area contributed by atoms with Crippen molar-refractivity contribution in [2.75, 3.05) is 29.6 Å². The quantitative estimate of drug-likeness (QED) is 0.625. The summed E-state index contributed by atoms with van der Waals surface area (Å²) in [6.07, 6.45) is 3.53. The molecule has 146 valence electrons. The van der Waals surface area contributed by atoms with Crippen LogP contribution in [0.2, 0.25) is 0 Å². The molecular weight excluding hydrogens is 363 g/mol. The van der Waals surface area contributed by atoms with Crippen molar-refractivity contribution in [1.82, 2.24) is 14.6 Å². The van der Waals surface area contributed by atoms with Gasteiger partial charge in [0.2, 0.25) is 5.91 Å². The first-order valence-electron chi connectivity index (χ1n) is 9.17. The average molecular weight is 384 g/mol. The fraction of sp³-hybridized carbons (Fsp3) is 0.316. The minimum absolute atomic E-state index is 0.131. The van der Waals surface area contributed by atoms with Crippen LogP contribution in [-0.4, -0.2) is 34.2 Å². The first-order chi connectivity index (χ1) is 13.6. The lowest BCUT2D eigenvalue weighted by molar-refractivity contribution is -0.115. The number of hydrogen-bond donors (Lipinski definition) is 3. The summed E-state index contributed by atoms with van der Waals surface area (Å²) in [5, 5.41) is 13.3. The van der Waals surface area contributed by atoms with E-state index in [0.717, 1.165) is 18.4 Å². The molecule has 4 rings (SSSR count). The van der Waals surface area contributed by atoms with Gasteiger partial charge in [-0.25, -0.2) is 9.37 Å². The SMILES string of the molecule is CCC(=O)Nc1cnn2c(NC)cc(Nc3cc(F)cc4c3OCCC4)nc12. The fourth-order valence-electron chi connectivity index (χ4n) is 3.21. The Balaban J connectivity index is 1.76. The first-order valence-corrected chi connectivity index (χ1v) is 9.17. The number of amides is 1. The third-order valence-electron chi connectivity index (χ3n) is 4.55. The monoisotopic (exact) mass is 384 g/mol. The zero-order valence-electron chi connectivity index (χ0n) is 15.7. The molecule has 3 aromatic rings. The number of aryl methyl sites for hydroxylation is 1. The largest absolute Gasteiger partial charge is 0.491 e. The smallest absolute Gasteiger partial charge is 0.224 e. The van der Waals surface area contributed by atoms with Crippen LogP contribution < -0.4 is 20.7 Å². The molecule has 1 aromatic carbocycles. The molecule has 28 heavy (non-hydrogen) atoms. The van der Waals surface area contributed by atoms with Crippen molar-refractivity contribution in [2.45, 2.75) is 26.2 Å². The van der Waals surface area contributed by atoms with E-state index in [-0.39, 0.29) is 11.7 Å². The molecule has 0 radical (unpaired) electrons. The Bertz CT molecular complexity index is 1050. The van der Waals surface area contributed by atoms with E-state index in [9.17, 15) is 9.18 Å². The summed E-state index contributed by atoms with van der Waals surface area (Å²) in [7, 11) is 1.76. The zero-order valence-corrected chi connectivity index (χ0v) is 15.7. The van der Waals surface area contributed by atoms with Crippen molar-refractivity contribution in [3.8, 4) is 5.75 Å². The van der Waals surface area contributed by atoms with Gasteiger partial charge >= 0.3 is 0 Å². The molecule has 8 nitrogen and oxygen atoms in total. The van der Waals surface area contributed by atoms with E-state index >= 15 is 0 Å². The van der Waals surface area contributed by atoms with Gasteiger partial charge in [-0.1, -0.05) is 6.92 Å². The van der Waals surface area contributed by atoms with E-state index in [4.69, 9.17) is 4.74 Å². The molecule has 0 saturated carbocycles. The highest BCUT2D eigenvalue weighted by atomic mass is 19.1. The van der Waals surface area contributed by atoms with E-state index in [2.05, 4.69) is 26.0 Å². The normalized spacial score (nSPS) is 13.0. The number of fused-ring (bicyclic) bond motifs is 2. The van der Waals surface area contributed by atoms with Crippen LogP contribution in [0.3, 0.4) is 0 Å². The van der Waals surface area contributed by atoms with Crippen LogP contribution in [0.15, 0.2) is 24.4 Å². The number of rotatable bonds is 5. The van der Waals surface area contributed by atoms with Crippen molar-refractivity contribution < 1.29 is 13.9 Å². The van der Waals surface area contributed by atoms with E-state index in [1.165, 1.54) is 12.1 Å². The number of halogens is 1. The standard InChI is InChI=1S/C19H21FN6O2/c1-3-17(27)24-14-10-22-26-16(21-2)9-15(25-19(14)26)23-13-8-12(20)7-11-5-4-6-28-18(11)13/h7-10,21H,3-6H2,1-2H3,(H,23,25)(H,24,27). The maximum atomic E-state index is 14.1. The molecule has 0 aliphatic carbocycles.